The molecule has 0 radical (unpaired) electrons. The molecule has 7 nitrogen and oxygen atoms in total. The maximum Gasteiger partial charge on any atom is 0.338 e. The summed E-state index contributed by atoms with van der Waals surface area (Å²) in [7, 11) is 0. The van der Waals surface area contributed by atoms with Gasteiger partial charge < -0.3 is 10.1 Å². The van der Waals surface area contributed by atoms with Crippen LogP contribution in [0.25, 0.3) is 0 Å². The van der Waals surface area contributed by atoms with Gasteiger partial charge in [0.25, 0.3) is 0 Å². The smallest absolute Gasteiger partial charge is 0.338 e. The van der Waals surface area contributed by atoms with Crippen molar-refractivity contribution in [2.75, 3.05) is 11.9 Å². The van der Waals surface area contributed by atoms with Gasteiger partial charge in [-0.1, -0.05) is 12.2 Å². The summed E-state index contributed by atoms with van der Waals surface area (Å²) < 4.78 is 4.98. The number of nitrogens with zero attached hydrogens (tertiary/aromatic N) is 1. The summed E-state index contributed by atoms with van der Waals surface area (Å²) in [5.74, 6) is 0.901. The van der Waals surface area contributed by atoms with Gasteiger partial charge in [0.15, 0.2) is 0 Å². The lowest BCUT2D eigenvalue weighted by Crippen LogP contribution is -2.44. The number of amides is 3. The van der Waals surface area contributed by atoms with Crippen LogP contribution < -0.4 is 5.32 Å². The summed E-state index contributed by atoms with van der Waals surface area (Å²) in [6, 6.07) is 6.59. The molecule has 7 heteroatoms. The van der Waals surface area contributed by atoms with Gasteiger partial charge in [0.1, 0.15) is 0 Å². The second-order valence-corrected chi connectivity index (χ2v) is 10.5. The number of hydrogen-bond donors (Lipinski definition) is 1. The molecular formula is C27H30N2O5. The summed E-state index contributed by atoms with van der Waals surface area (Å²) in [6.45, 7) is 2.07. The number of carbonyl (C=O) groups excluding carboxylic acids is 4. The van der Waals surface area contributed by atoms with Crippen LogP contribution in [0.4, 0.5) is 5.69 Å². The van der Waals surface area contributed by atoms with Gasteiger partial charge in [-0.25, -0.2) is 4.79 Å². The zero-order valence-electron chi connectivity index (χ0n) is 19.3. The van der Waals surface area contributed by atoms with E-state index >= 15 is 0 Å². The van der Waals surface area contributed by atoms with E-state index in [0.29, 0.717) is 55.4 Å². The number of nitrogens with one attached hydrogen (secondary N) is 1. The lowest BCUT2D eigenvalue weighted by Gasteiger charge is -2.37. The quantitative estimate of drug-likeness (QED) is 0.411. The van der Waals surface area contributed by atoms with Crippen molar-refractivity contribution in [1.82, 2.24) is 4.90 Å². The number of hydrogen-bond acceptors (Lipinski definition) is 5. The summed E-state index contributed by atoms with van der Waals surface area (Å²) in [5.41, 5.74) is 1.08. The van der Waals surface area contributed by atoms with Crippen LogP contribution in [0.5, 0.6) is 0 Å². The molecule has 1 aliphatic heterocycles. The first-order chi connectivity index (χ1) is 16.5. The molecule has 1 saturated heterocycles. The molecule has 7 rings (SSSR count). The summed E-state index contributed by atoms with van der Waals surface area (Å²) in [6.07, 6.45) is 8.23. The van der Waals surface area contributed by atoms with E-state index in [0.717, 1.165) is 0 Å². The highest BCUT2D eigenvalue weighted by Gasteiger charge is 2.67. The van der Waals surface area contributed by atoms with Crippen LogP contribution >= 0.6 is 0 Å². The third-order valence-electron chi connectivity index (χ3n) is 8.79. The Labute approximate surface area is 198 Å². The van der Waals surface area contributed by atoms with Crippen molar-refractivity contribution in [3.63, 3.8) is 0 Å². The zero-order valence-corrected chi connectivity index (χ0v) is 19.3. The summed E-state index contributed by atoms with van der Waals surface area (Å²) >= 11 is 0. The topological polar surface area (TPSA) is 92.8 Å². The van der Waals surface area contributed by atoms with E-state index < -0.39 is 0 Å². The number of esters is 1. The van der Waals surface area contributed by atoms with Crippen molar-refractivity contribution in [2.45, 2.75) is 45.1 Å². The molecule has 5 aliphatic carbocycles. The third-order valence-corrected chi connectivity index (χ3v) is 8.79. The molecule has 0 spiro atoms. The Morgan fingerprint density at radius 3 is 2.09 bits per heavy atom. The SMILES string of the molecule is CCOC(=O)c1ccc(NC(=O)C2CCC(N3C(=O)[C@H]4[C@@H]5C=C[C@H]([C@H]6C[C@H]56)[C@@H]4C3=O)CC2)cc1. The lowest BCUT2D eigenvalue weighted by atomic mass is 9.63. The van der Waals surface area contributed by atoms with Gasteiger partial charge in [-0.15, -0.1) is 0 Å². The van der Waals surface area contributed by atoms with Crippen LogP contribution in [0.2, 0.25) is 0 Å². The van der Waals surface area contributed by atoms with E-state index in [-0.39, 0.29) is 59.3 Å². The highest BCUT2D eigenvalue weighted by molar-refractivity contribution is 6.06. The van der Waals surface area contributed by atoms with Crippen molar-refractivity contribution >= 4 is 29.4 Å². The number of ether oxygens (including phenoxy) is 1. The fourth-order valence-corrected chi connectivity index (χ4v) is 7.08. The molecule has 4 fully saturated rings. The predicted octanol–water partition coefficient (Wildman–Crippen LogP) is 3.41. The van der Waals surface area contributed by atoms with Crippen LogP contribution in [-0.2, 0) is 19.1 Å². The molecule has 6 aliphatic rings. The van der Waals surface area contributed by atoms with Crippen molar-refractivity contribution in [3.05, 3.63) is 42.0 Å². The van der Waals surface area contributed by atoms with E-state index in [2.05, 4.69) is 17.5 Å². The first-order valence-electron chi connectivity index (χ1n) is 12.6. The van der Waals surface area contributed by atoms with E-state index in [1.165, 1.54) is 6.42 Å². The van der Waals surface area contributed by atoms with Gasteiger partial charge in [-0.05, 0) is 87.0 Å². The van der Waals surface area contributed by atoms with Gasteiger partial charge in [0.05, 0.1) is 24.0 Å². The maximum absolute atomic E-state index is 13.3. The average molecular weight is 463 g/mol. The van der Waals surface area contributed by atoms with Crippen molar-refractivity contribution in [2.24, 2.45) is 41.4 Å². The molecule has 2 bridgehead atoms. The Hall–Kier alpha value is -2.96. The number of benzene rings is 1. The number of anilines is 1. The van der Waals surface area contributed by atoms with E-state index in [4.69, 9.17) is 4.74 Å². The van der Waals surface area contributed by atoms with Gasteiger partial charge in [-0.2, -0.15) is 0 Å². The molecular weight excluding hydrogens is 432 g/mol. The average Bonchev–Trinajstić information content (AvgIpc) is 3.63. The van der Waals surface area contributed by atoms with Crippen molar-refractivity contribution in [1.29, 1.82) is 0 Å². The minimum Gasteiger partial charge on any atom is -0.462 e. The number of rotatable bonds is 5. The fraction of sp³-hybridized carbons (Fsp3) is 0.556. The molecule has 0 aromatic heterocycles. The fourth-order valence-electron chi connectivity index (χ4n) is 7.08. The number of imide groups is 1. The van der Waals surface area contributed by atoms with Crippen LogP contribution in [0.1, 0.15) is 49.4 Å². The molecule has 1 N–H and O–H groups in total. The lowest BCUT2D eigenvalue weighted by molar-refractivity contribution is -0.144. The molecule has 0 unspecified atom stereocenters. The zero-order chi connectivity index (χ0) is 23.6. The van der Waals surface area contributed by atoms with Crippen molar-refractivity contribution < 1.29 is 23.9 Å². The predicted molar refractivity (Wildman–Crippen MR) is 123 cm³/mol. The molecule has 1 aromatic rings. The molecule has 1 heterocycles. The number of carbonyl (C=O) groups is 4. The number of likely N-dealkylation sites (tertiary alicyclic amines) is 1. The molecule has 1 aromatic carbocycles. The highest BCUT2D eigenvalue weighted by atomic mass is 16.5. The van der Waals surface area contributed by atoms with Crippen molar-refractivity contribution in [3.8, 4) is 0 Å². The molecule has 178 valence electrons. The molecule has 3 amide bonds. The minimum atomic E-state index is -0.384. The Bertz CT molecular complexity index is 1030. The van der Waals surface area contributed by atoms with Gasteiger partial charge in [-0.3, -0.25) is 19.3 Å². The Kier molecular flexibility index (Phi) is 5.12. The summed E-state index contributed by atoms with van der Waals surface area (Å²) in [4.78, 5) is 52.9. The monoisotopic (exact) mass is 462 g/mol. The highest BCUT2D eigenvalue weighted by Crippen LogP contribution is 2.65. The Balaban J connectivity index is 1.06. The maximum atomic E-state index is 13.3. The first-order valence-corrected chi connectivity index (χ1v) is 12.6. The second kappa shape index (κ2) is 8.07. The molecule has 6 atom stereocenters. The van der Waals surface area contributed by atoms with Crippen LogP contribution in [0.3, 0.4) is 0 Å². The van der Waals surface area contributed by atoms with E-state index in [9.17, 15) is 19.2 Å². The van der Waals surface area contributed by atoms with E-state index in [1.54, 1.807) is 36.1 Å². The standard InChI is InChI=1S/C27H30N2O5/c1-2-34-27(33)15-3-7-16(8-4-15)28-24(30)14-5-9-17(10-6-14)29-25(31)22-18-11-12-19(21-13-20(18)21)23(22)26(29)32/h3-4,7-8,11-12,14,17-23H,2,5-6,9-10,13H2,1H3,(H,28,30)/t14?,17?,18-,19-,20-,21-,22+,23+/m1/s1. The van der Waals surface area contributed by atoms with Crippen LogP contribution in [0, 0.1) is 41.4 Å². The minimum absolute atomic E-state index is 0.0364. The summed E-state index contributed by atoms with van der Waals surface area (Å²) in [5, 5.41) is 2.94. The number of allylic oxidation sites excluding steroid dienone is 2. The first kappa shape index (κ1) is 21.6. The second-order valence-electron chi connectivity index (χ2n) is 10.5. The van der Waals surface area contributed by atoms with E-state index in [1.807, 2.05) is 0 Å². The molecule has 34 heavy (non-hydrogen) atoms. The molecule has 3 saturated carbocycles. The van der Waals surface area contributed by atoms with Crippen LogP contribution in [-0.4, -0.2) is 41.2 Å². The largest absolute Gasteiger partial charge is 0.462 e. The Morgan fingerprint density at radius 1 is 0.941 bits per heavy atom. The normalized spacial score (nSPS) is 37.3. The third kappa shape index (κ3) is 3.31. The Morgan fingerprint density at radius 2 is 1.53 bits per heavy atom. The van der Waals surface area contributed by atoms with Gasteiger partial charge in [0.2, 0.25) is 17.7 Å². The van der Waals surface area contributed by atoms with Crippen LogP contribution in [0.15, 0.2) is 36.4 Å². The van der Waals surface area contributed by atoms with Gasteiger partial charge >= 0.3 is 5.97 Å². The van der Waals surface area contributed by atoms with Gasteiger partial charge in [0, 0.05) is 17.6 Å².